The van der Waals surface area contributed by atoms with Gasteiger partial charge in [-0.1, -0.05) is 150 Å². The van der Waals surface area contributed by atoms with Gasteiger partial charge in [0.15, 0.2) is 6.10 Å². The number of aliphatic hydroxyl groups excluding tert-OH is 2. The average Bonchev–Trinajstić information content (AvgIpc) is 3.20. The van der Waals surface area contributed by atoms with Gasteiger partial charge in [0, 0.05) is 12.8 Å². The van der Waals surface area contributed by atoms with Gasteiger partial charge >= 0.3 is 19.8 Å². The lowest BCUT2D eigenvalue weighted by Gasteiger charge is -2.20. The molecule has 0 aromatic rings. The van der Waals surface area contributed by atoms with Crippen LogP contribution in [-0.4, -0.2) is 65.7 Å². The Hall–Kier alpha value is -3.11. The van der Waals surface area contributed by atoms with Crippen molar-refractivity contribution in [3.8, 4) is 0 Å². The molecule has 0 aromatic heterocycles. The Morgan fingerprint density at radius 2 is 1.04 bits per heavy atom. The van der Waals surface area contributed by atoms with Crippen LogP contribution >= 0.6 is 7.82 Å². The van der Waals surface area contributed by atoms with Gasteiger partial charge in [0.1, 0.15) is 12.7 Å². The maximum atomic E-state index is 12.6. The van der Waals surface area contributed by atoms with Crippen molar-refractivity contribution in [1.82, 2.24) is 0 Å². The molecule has 0 aromatic carbocycles. The third kappa shape index (κ3) is 40.9. The Morgan fingerprint density at radius 1 is 0.561 bits per heavy atom. The quantitative estimate of drug-likeness (QED) is 0.0181. The molecule has 0 heterocycles. The summed E-state index contributed by atoms with van der Waals surface area (Å²) in [7, 11) is -4.64. The Balaban J connectivity index is 4.44. The second-order valence-corrected chi connectivity index (χ2v) is 15.2. The summed E-state index contributed by atoms with van der Waals surface area (Å²) in [6.45, 7) is 2.12. The lowest BCUT2D eigenvalue weighted by atomic mass is 10.1. The molecule has 3 atom stereocenters. The summed E-state index contributed by atoms with van der Waals surface area (Å²) in [6.07, 6.45) is 49.4. The summed E-state index contributed by atoms with van der Waals surface area (Å²) in [6, 6.07) is 0. The van der Waals surface area contributed by atoms with Gasteiger partial charge in [0.2, 0.25) is 0 Å². The predicted octanol–water partition coefficient (Wildman–Crippen LogP) is 11.2. The zero-order valence-corrected chi connectivity index (χ0v) is 35.9. The third-order valence-corrected chi connectivity index (χ3v) is 9.27. The number of unbranched alkanes of at least 4 members (excludes halogenated alkanes) is 11. The van der Waals surface area contributed by atoms with E-state index < -0.39 is 51.8 Å². The number of aliphatic hydroxyl groups is 2. The molecule has 0 fully saturated rings. The molecule has 57 heavy (non-hydrogen) atoms. The molecule has 0 spiro atoms. The zero-order valence-electron chi connectivity index (χ0n) is 35.0. The SMILES string of the molecule is CC/C=C/C=C/C=C/C=C/CCCCCCCC(=O)OC[C@H](COP(=O)(O)OC[C@@H](O)CO)OC(=O)CCCCC/C=C/C/C=C/C/C=C/C/C=C/CCCCC. The molecule has 3 N–H and O–H groups in total. The minimum Gasteiger partial charge on any atom is -0.462 e. The van der Waals surface area contributed by atoms with E-state index in [-0.39, 0.29) is 19.4 Å². The van der Waals surface area contributed by atoms with Crippen LogP contribution in [0.1, 0.15) is 142 Å². The van der Waals surface area contributed by atoms with E-state index in [1.54, 1.807) is 0 Å². The highest BCUT2D eigenvalue weighted by Gasteiger charge is 2.27. The molecular weight excluding hydrogens is 743 g/mol. The third-order valence-electron chi connectivity index (χ3n) is 8.32. The lowest BCUT2D eigenvalue weighted by Crippen LogP contribution is -2.29. The molecule has 0 aliphatic heterocycles. The molecule has 0 saturated heterocycles. The van der Waals surface area contributed by atoms with E-state index in [2.05, 4.69) is 79.1 Å². The fourth-order valence-corrected chi connectivity index (χ4v) is 5.83. The highest BCUT2D eigenvalue weighted by molar-refractivity contribution is 7.47. The van der Waals surface area contributed by atoms with Crippen LogP contribution in [0.4, 0.5) is 0 Å². The number of phosphoric ester groups is 1. The van der Waals surface area contributed by atoms with Gasteiger partial charge in [-0.25, -0.2) is 4.57 Å². The van der Waals surface area contributed by atoms with Crippen molar-refractivity contribution in [3.05, 3.63) is 97.2 Å². The van der Waals surface area contributed by atoms with Crippen molar-refractivity contribution in [3.63, 3.8) is 0 Å². The van der Waals surface area contributed by atoms with Gasteiger partial charge in [-0.05, 0) is 77.0 Å². The summed E-state index contributed by atoms with van der Waals surface area (Å²) < 4.78 is 32.6. The number of ether oxygens (including phenoxy) is 2. The van der Waals surface area contributed by atoms with E-state index in [0.717, 1.165) is 77.0 Å². The molecule has 11 heteroatoms. The highest BCUT2D eigenvalue weighted by atomic mass is 31.2. The van der Waals surface area contributed by atoms with Crippen molar-refractivity contribution in [2.45, 2.75) is 154 Å². The van der Waals surface area contributed by atoms with Crippen molar-refractivity contribution >= 4 is 19.8 Å². The molecule has 0 aliphatic carbocycles. The standard InChI is InChI=1S/C46H75O10P/c1-3-5-7-9-11-13-15-17-19-20-21-22-24-26-28-30-32-34-36-38-46(50)56-44(42-55-57(51,52)54-40-43(48)39-47)41-53-45(49)37-35-33-31-29-27-25-23-18-16-14-12-10-8-6-4-2/h6,8,10-14,16-19,21-23,26,28,43-44,47-48H,3-5,7,9,15,20,24-25,27,29-42H2,1-2H3,(H,51,52)/b8-6+,12-10+,13-11+,16-14+,19-17+,22-21+,23-18+,28-26+/t43-,44+/m0/s1. The second kappa shape index (κ2) is 41.1. The smallest absolute Gasteiger partial charge is 0.462 e. The molecule has 0 radical (unpaired) electrons. The first-order valence-electron chi connectivity index (χ1n) is 21.2. The largest absolute Gasteiger partial charge is 0.472 e. The van der Waals surface area contributed by atoms with E-state index in [1.807, 2.05) is 36.5 Å². The van der Waals surface area contributed by atoms with Crippen LogP contribution in [0.3, 0.4) is 0 Å². The number of carbonyl (C=O) groups is 2. The first-order valence-corrected chi connectivity index (χ1v) is 22.7. The Kier molecular flexibility index (Phi) is 38.8. The summed E-state index contributed by atoms with van der Waals surface area (Å²) in [5, 5.41) is 18.3. The van der Waals surface area contributed by atoms with Gasteiger partial charge in [0.25, 0.3) is 0 Å². The number of esters is 2. The molecule has 324 valence electrons. The van der Waals surface area contributed by atoms with Crippen LogP contribution in [-0.2, 0) is 32.7 Å². The van der Waals surface area contributed by atoms with Crippen molar-refractivity contribution in [2.75, 3.05) is 26.4 Å². The van der Waals surface area contributed by atoms with Crippen molar-refractivity contribution in [1.29, 1.82) is 0 Å². The summed E-state index contributed by atoms with van der Waals surface area (Å²) in [5.74, 6) is -0.999. The number of hydrogen-bond donors (Lipinski definition) is 3. The molecule has 0 saturated carbocycles. The number of hydrogen-bond acceptors (Lipinski definition) is 9. The van der Waals surface area contributed by atoms with Crippen molar-refractivity contribution < 1.29 is 47.8 Å². The Bertz CT molecular complexity index is 1260. The molecule has 0 bridgehead atoms. The fourth-order valence-electron chi connectivity index (χ4n) is 5.04. The normalized spacial score (nSPS) is 14.8. The van der Waals surface area contributed by atoms with Gasteiger partial charge in [-0.15, -0.1) is 0 Å². The summed E-state index contributed by atoms with van der Waals surface area (Å²) >= 11 is 0. The van der Waals surface area contributed by atoms with E-state index >= 15 is 0 Å². The second-order valence-electron chi connectivity index (χ2n) is 13.7. The first kappa shape index (κ1) is 53.9. The zero-order chi connectivity index (χ0) is 41.9. The Labute approximate surface area is 344 Å². The molecule has 0 amide bonds. The van der Waals surface area contributed by atoms with Crippen molar-refractivity contribution in [2.24, 2.45) is 0 Å². The monoisotopic (exact) mass is 819 g/mol. The lowest BCUT2D eigenvalue weighted by molar-refractivity contribution is -0.161. The van der Waals surface area contributed by atoms with E-state index in [4.69, 9.17) is 19.1 Å². The van der Waals surface area contributed by atoms with Crippen LogP contribution in [0.5, 0.6) is 0 Å². The first-order chi connectivity index (χ1) is 27.7. The molecule has 1 unspecified atom stereocenters. The van der Waals surface area contributed by atoms with Crippen LogP contribution in [0.2, 0.25) is 0 Å². The highest BCUT2D eigenvalue weighted by Crippen LogP contribution is 2.43. The number of allylic oxidation sites excluding steroid dienone is 16. The van der Waals surface area contributed by atoms with Crippen LogP contribution in [0.15, 0.2) is 97.2 Å². The minimum absolute atomic E-state index is 0.135. The van der Waals surface area contributed by atoms with Crippen LogP contribution in [0, 0.1) is 0 Å². The Morgan fingerprint density at radius 3 is 1.63 bits per heavy atom. The van der Waals surface area contributed by atoms with E-state index in [1.165, 1.54) is 25.7 Å². The fraction of sp³-hybridized carbons (Fsp3) is 0.609. The molecular formula is C46H75O10P. The minimum atomic E-state index is -4.64. The number of carbonyl (C=O) groups excluding carboxylic acids is 2. The van der Waals surface area contributed by atoms with E-state index in [9.17, 15) is 24.2 Å². The summed E-state index contributed by atoms with van der Waals surface area (Å²) in [4.78, 5) is 35.0. The van der Waals surface area contributed by atoms with Gasteiger partial charge in [-0.2, -0.15) is 0 Å². The van der Waals surface area contributed by atoms with Crippen LogP contribution in [0.25, 0.3) is 0 Å². The predicted molar refractivity (Wildman–Crippen MR) is 232 cm³/mol. The maximum absolute atomic E-state index is 12.6. The number of phosphoric acid groups is 1. The molecule has 0 aliphatic rings. The average molecular weight is 819 g/mol. The number of rotatable bonds is 38. The summed E-state index contributed by atoms with van der Waals surface area (Å²) in [5.41, 5.74) is 0. The van der Waals surface area contributed by atoms with Gasteiger partial charge in [-0.3, -0.25) is 18.6 Å². The molecule has 10 nitrogen and oxygen atoms in total. The maximum Gasteiger partial charge on any atom is 0.472 e. The van der Waals surface area contributed by atoms with Gasteiger partial charge < -0.3 is 24.6 Å². The van der Waals surface area contributed by atoms with Gasteiger partial charge in [0.05, 0.1) is 19.8 Å². The topological polar surface area (TPSA) is 149 Å². The van der Waals surface area contributed by atoms with Crippen LogP contribution < -0.4 is 0 Å². The van der Waals surface area contributed by atoms with E-state index in [0.29, 0.717) is 12.8 Å². The molecule has 0 rings (SSSR count).